The van der Waals surface area contributed by atoms with E-state index in [2.05, 4.69) is 22.6 Å². The Hall–Kier alpha value is -0.940. The van der Waals surface area contributed by atoms with E-state index in [1.54, 1.807) is 16.0 Å². The summed E-state index contributed by atoms with van der Waals surface area (Å²) in [7, 11) is 1.88. The van der Waals surface area contributed by atoms with E-state index in [0.29, 0.717) is 0 Å². The fourth-order valence-electron chi connectivity index (χ4n) is 1.39. The van der Waals surface area contributed by atoms with E-state index in [-0.39, 0.29) is 0 Å². The van der Waals surface area contributed by atoms with Crippen LogP contribution in [0.1, 0.15) is 11.3 Å². The minimum absolute atomic E-state index is 0.775. The molecule has 0 aliphatic carbocycles. The monoisotopic (exact) mass is 239 g/mol. The number of anilines is 1. The first kappa shape index (κ1) is 10.6. The van der Waals surface area contributed by atoms with Crippen LogP contribution in [0.5, 0.6) is 0 Å². The van der Waals surface area contributed by atoms with Crippen molar-refractivity contribution < 1.29 is 0 Å². The molecule has 3 nitrogen and oxygen atoms in total. The minimum atomic E-state index is 0.775. The zero-order valence-corrected chi connectivity index (χ0v) is 10.4. The lowest BCUT2D eigenvalue weighted by molar-refractivity contribution is 0.767. The second-order valence-corrected chi connectivity index (χ2v) is 5.52. The van der Waals surface area contributed by atoms with Gasteiger partial charge in [0.05, 0.1) is 9.90 Å². The molecule has 15 heavy (non-hydrogen) atoms. The second-order valence-electron chi connectivity index (χ2n) is 3.29. The van der Waals surface area contributed by atoms with E-state index >= 15 is 0 Å². The van der Waals surface area contributed by atoms with Gasteiger partial charge < -0.3 is 5.73 Å². The van der Waals surface area contributed by atoms with Crippen LogP contribution in [0.3, 0.4) is 0 Å². The average molecular weight is 239 g/mol. The summed E-state index contributed by atoms with van der Waals surface area (Å²) in [6.07, 6.45) is 0. The number of nitrogens with zero attached hydrogens (tertiary/aromatic N) is 2. The lowest BCUT2D eigenvalue weighted by atomic mass is 10.3. The zero-order chi connectivity index (χ0) is 10.8. The van der Waals surface area contributed by atoms with Crippen molar-refractivity contribution in [3.05, 3.63) is 28.8 Å². The molecule has 0 unspecified atom stereocenters. The predicted molar refractivity (Wildman–Crippen MR) is 66.2 cm³/mol. The highest BCUT2D eigenvalue weighted by atomic mass is 32.2. The molecule has 2 aromatic rings. The van der Waals surface area contributed by atoms with Gasteiger partial charge in [-0.2, -0.15) is 5.10 Å². The normalized spacial score (nSPS) is 10.8. The molecule has 5 heteroatoms. The fraction of sp³-hybridized carbons (Fsp3) is 0.300. The van der Waals surface area contributed by atoms with Gasteiger partial charge in [0.1, 0.15) is 5.82 Å². The molecule has 0 radical (unpaired) electrons. The molecule has 0 aliphatic heterocycles. The lowest BCUT2D eigenvalue weighted by Gasteiger charge is -1.99. The third-order valence-corrected chi connectivity index (χ3v) is 4.41. The molecule has 2 heterocycles. The van der Waals surface area contributed by atoms with Crippen molar-refractivity contribution in [3.8, 4) is 0 Å². The summed E-state index contributed by atoms with van der Waals surface area (Å²) >= 11 is 3.56. The van der Waals surface area contributed by atoms with Crippen molar-refractivity contribution in [2.75, 3.05) is 5.73 Å². The molecule has 0 saturated heterocycles. The molecule has 0 spiro atoms. The Morgan fingerprint density at radius 3 is 2.93 bits per heavy atom. The van der Waals surface area contributed by atoms with Gasteiger partial charge in [-0.05, 0) is 18.4 Å². The average Bonchev–Trinajstić information content (AvgIpc) is 2.76. The van der Waals surface area contributed by atoms with Crippen LogP contribution >= 0.6 is 23.1 Å². The molecule has 2 rings (SSSR count). The summed E-state index contributed by atoms with van der Waals surface area (Å²) in [5.74, 6) is 1.67. The van der Waals surface area contributed by atoms with Gasteiger partial charge in [-0.25, -0.2) is 0 Å². The third kappa shape index (κ3) is 2.18. The largest absolute Gasteiger partial charge is 0.384 e. The summed E-state index contributed by atoms with van der Waals surface area (Å²) in [6.45, 7) is 2.00. The maximum absolute atomic E-state index is 5.93. The zero-order valence-electron chi connectivity index (χ0n) is 8.73. The molecular formula is C10H13N3S2. The van der Waals surface area contributed by atoms with Crippen LogP contribution in [-0.4, -0.2) is 9.78 Å². The Bertz CT molecular complexity index is 445. The molecule has 0 saturated carbocycles. The highest BCUT2D eigenvalue weighted by Gasteiger charge is 2.10. The molecule has 0 amide bonds. The molecular weight excluding hydrogens is 226 g/mol. The standard InChI is InChI=1S/C10H13N3S2/c1-7-8(10(11)13(2)12-7)6-15-9-4-3-5-14-9/h3-5H,6,11H2,1-2H3. The van der Waals surface area contributed by atoms with Crippen LogP contribution in [0.25, 0.3) is 0 Å². The maximum Gasteiger partial charge on any atom is 0.125 e. The van der Waals surface area contributed by atoms with E-state index in [4.69, 9.17) is 5.73 Å². The summed E-state index contributed by atoms with van der Waals surface area (Å²) in [5, 5.41) is 6.38. The van der Waals surface area contributed by atoms with E-state index in [1.165, 1.54) is 4.21 Å². The summed E-state index contributed by atoms with van der Waals surface area (Å²) in [4.78, 5) is 0. The van der Waals surface area contributed by atoms with Crippen LogP contribution in [-0.2, 0) is 12.8 Å². The smallest absolute Gasteiger partial charge is 0.125 e. The molecule has 0 aliphatic rings. The Balaban J connectivity index is 2.11. The topological polar surface area (TPSA) is 43.8 Å². The van der Waals surface area contributed by atoms with Crippen molar-refractivity contribution >= 4 is 28.9 Å². The number of nitrogen functional groups attached to an aromatic ring is 1. The molecule has 0 atom stereocenters. The lowest BCUT2D eigenvalue weighted by Crippen LogP contribution is -1.98. The number of hydrogen-bond donors (Lipinski definition) is 1. The van der Waals surface area contributed by atoms with Crippen molar-refractivity contribution in [1.29, 1.82) is 0 Å². The molecule has 0 aromatic carbocycles. The van der Waals surface area contributed by atoms with E-state index < -0.39 is 0 Å². The molecule has 0 fully saturated rings. The van der Waals surface area contributed by atoms with Gasteiger partial charge in [0.15, 0.2) is 0 Å². The maximum atomic E-state index is 5.93. The van der Waals surface area contributed by atoms with Crippen molar-refractivity contribution in [1.82, 2.24) is 9.78 Å². The van der Waals surface area contributed by atoms with Crippen molar-refractivity contribution in [2.24, 2.45) is 7.05 Å². The molecule has 2 aromatic heterocycles. The van der Waals surface area contributed by atoms with Crippen molar-refractivity contribution in [3.63, 3.8) is 0 Å². The highest BCUT2D eigenvalue weighted by Crippen LogP contribution is 2.29. The number of rotatable bonds is 3. The first-order valence-electron chi connectivity index (χ1n) is 4.62. The number of thiophene rings is 1. The van der Waals surface area contributed by atoms with Gasteiger partial charge in [0.25, 0.3) is 0 Å². The van der Waals surface area contributed by atoms with Crippen molar-refractivity contribution in [2.45, 2.75) is 16.9 Å². The van der Waals surface area contributed by atoms with Crippen LogP contribution in [0.2, 0.25) is 0 Å². The predicted octanol–water partition coefficient (Wildman–Crippen LogP) is 2.66. The first-order chi connectivity index (χ1) is 7.18. The van der Waals surface area contributed by atoms with Crippen LogP contribution in [0, 0.1) is 6.92 Å². The van der Waals surface area contributed by atoms with Gasteiger partial charge in [0.2, 0.25) is 0 Å². The third-order valence-electron chi connectivity index (χ3n) is 2.25. The van der Waals surface area contributed by atoms with Gasteiger partial charge in [-0.3, -0.25) is 4.68 Å². The number of aromatic nitrogens is 2. The number of thioether (sulfide) groups is 1. The van der Waals surface area contributed by atoms with Crippen LogP contribution in [0.15, 0.2) is 21.7 Å². The van der Waals surface area contributed by atoms with Gasteiger partial charge in [-0.15, -0.1) is 23.1 Å². The Kier molecular flexibility index (Phi) is 3.02. The minimum Gasteiger partial charge on any atom is -0.384 e. The second kappa shape index (κ2) is 4.28. The first-order valence-corrected chi connectivity index (χ1v) is 6.49. The van der Waals surface area contributed by atoms with E-state index in [0.717, 1.165) is 22.8 Å². The van der Waals surface area contributed by atoms with Crippen LogP contribution < -0.4 is 5.73 Å². The van der Waals surface area contributed by atoms with E-state index in [1.807, 2.05) is 25.7 Å². The van der Waals surface area contributed by atoms with Gasteiger partial charge in [0, 0.05) is 18.4 Å². The van der Waals surface area contributed by atoms with Crippen LogP contribution in [0.4, 0.5) is 5.82 Å². The number of hydrogen-bond acceptors (Lipinski definition) is 4. The van der Waals surface area contributed by atoms with E-state index in [9.17, 15) is 0 Å². The quantitative estimate of drug-likeness (QED) is 0.837. The number of nitrogens with two attached hydrogens (primary N) is 1. The molecule has 0 bridgehead atoms. The SMILES string of the molecule is Cc1nn(C)c(N)c1CSc1cccs1. The van der Waals surface area contributed by atoms with Gasteiger partial charge >= 0.3 is 0 Å². The Morgan fingerprint density at radius 1 is 1.60 bits per heavy atom. The summed E-state index contributed by atoms with van der Waals surface area (Å²) in [6, 6.07) is 4.18. The number of aryl methyl sites for hydroxylation is 2. The fourth-order valence-corrected chi connectivity index (χ4v) is 3.27. The Morgan fingerprint density at radius 2 is 2.40 bits per heavy atom. The Labute approximate surface area is 97.3 Å². The molecule has 2 N–H and O–H groups in total. The summed E-state index contributed by atoms with van der Waals surface area (Å²) < 4.78 is 3.05. The summed E-state index contributed by atoms with van der Waals surface area (Å²) in [5.41, 5.74) is 8.11. The molecule has 80 valence electrons. The highest BCUT2D eigenvalue weighted by molar-refractivity contribution is 8.00. The van der Waals surface area contributed by atoms with Gasteiger partial charge in [-0.1, -0.05) is 6.07 Å².